The van der Waals surface area contributed by atoms with Gasteiger partial charge in [0.25, 0.3) is 5.91 Å². The Morgan fingerprint density at radius 3 is 2.61 bits per heavy atom. The quantitative estimate of drug-likeness (QED) is 0.583. The van der Waals surface area contributed by atoms with Crippen molar-refractivity contribution in [3.05, 3.63) is 83.3 Å². The predicted molar refractivity (Wildman–Crippen MR) is 109 cm³/mol. The van der Waals surface area contributed by atoms with E-state index in [0.717, 1.165) is 11.3 Å². The number of aryl methyl sites for hydroxylation is 2. The number of hydrogen-bond acceptors (Lipinski definition) is 4. The molecule has 3 rings (SSSR count). The monoisotopic (exact) mass is 377 g/mol. The van der Waals surface area contributed by atoms with Crippen LogP contribution in [0.25, 0.3) is 0 Å². The summed E-state index contributed by atoms with van der Waals surface area (Å²) in [5.41, 5.74) is 4.22. The Balaban J connectivity index is 1.54. The van der Waals surface area contributed by atoms with Gasteiger partial charge in [-0.1, -0.05) is 23.8 Å². The molecule has 28 heavy (non-hydrogen) atoms. The number of amides is 2. The maximum Gasteiger partial charge on any atom is 0.251 e. The molecule has 1 heterocycles. The minimum Gasteiger partial charge on any atom is -0.467 e. The Morgan fingerprint density at radius 1 is 1.00 bits per heavy atom. The fourth-order valence-electron chi connectivity index (χ4n) is 2.81. The van der Waals surface area contributed by atoms with E-state index in [0.29, 0.717) is 23.6 Å². The van der Waals surface area contributed by atoms with Crippen molar-refractivity contribution in [2.45, 2.75) is 20.4 Å². The number of carbonyl (C=O) groups is 2. The molecule has 3 N–H and O–H groups in total. The van der Waals surface area contributed by atoms with E-state index >= 15 is 0 Å². The molecule has 0 aliphatic heterocycles. The summed E-state index contributed by atoms with van der Waals surface area (Å²) >= 11 is 0. The lowest BCUT2D eigenvalue weighted by atomic mass is 10.1. The SMILES string of the molecule is Cc1ccc(NCC(=O)Nc2cccc(C(=O)NCc3ccco3)c2)c(C)c1. The van der Waals surface area contributed by atoms with Crippen molar-refractivity contribution in [1.29, 1.82) is 0 Å². The number of nitrogens with one attached hydrogen (secondary N) is 3. The molecular weight excluding hydrogens is 354 g/mol. The summed E-state index contributed by atoms with van der Waals surface area (Å²) in [7, 11) is 0. The van der Waals surface area contributed by atoms with E-state index in [9.17, 15) is 9.59 Å². The first-order chi connectivity index (χ1) is 13.5. The molecule has 0 aliphatic rings. The van der Waals surface area contributed by atoms with Crippen LogP contribution in [-0.2, 0) is 11.3 Å². The van der Waals surface area contributed by atoms with Gasteiger partial charge in [-0.05, 0) is 55.8 Å². The van der Waals surface area contributed by atoms with Crippen LogP contribution < -0.4 is 16.0 Å². The Morgan fingerprint density at radius 2 is 1.86 bits per heavy atom. The fraction of sp³-hybridized carbons (Fsp3) is 0.182. The van der Waals surface area contributed by atoms with Crippen molar-refractivity contribution in [3.8, 4) is 0 Å². The highest BCUT2D eigenvalue weighted by Gasteiger charge is 2.09. The molecule has 144 valence electrons. The number of rotatable bonds is 7. The minimum atomic E-state index is -0.235. The van der Waals surface area contributed by atoms with Gasteiger partial charge < -0.3 is 20.4 Å². The van der Waals surface area contributed by atoms with Crippen molar-refractivity contribution < 1.29 is 14.0 Å². The number of anilines is 2. The van der Waals surface area contributed by atoms with E-state index in [1.54, 1.807) is 42.7 Å². The van der Waals surface area contributed by atoms with E-state index in [4.69, 9.17) is 4.42 Å². The second-order valence-electron chi connectivity index (χ2n) is 6.56. The first-order valence-corrected chi connectivity index (χ1v) is 9.03. The second-order valence-corrected chi connectivity index (χ2v) is 6.56. The smallest absolute Gasteiger partial charge is 0.251 e. The number of carbonyl (C=O) groups excluding carboxylic acids is 2. The molecule has 0 saturated carbocycles. The highest BCUT2D eigenvalue weighted by Crippen LogP contribution is 2.16. The van der Waals surface area contributed by atoms with Crippen molar-refractivity contribution >= 4 is 23.2 Å². The van der Waals surface area contributed by atoms with Gasteiger partial charge in [0, 0.05) is 16.9 Å². The maximum atomic E-state index is 12.3. The van der Waals surface area contributed by atoms with Crippen LogP contribution in [0.3, 0.4) is 0 Å². The lowest BCUT2D eigenvalue weighted by molar-refractivity contribution is -0.114. The van der Waals surface area contributed by atoms with Gasteiger partial charge in [-0.3, -0.25) is 9.59 Å². The van der Waals surface area contributed by atoms with E-state index < -0.39 is 0 Å². The van der Waals surface area contributed by atoms with Gasteiger partial charge >= 0.3 is 0 Å². The summed E-state index contributed by atoms with van der Waals surface area (Å²) in [5, 5.41) is 8.72. The van der Waals surface area contributed by atoms with Crippen LogP contribution in [0.15, 0.2) is 65.3 Å². The lowest BCUT2D eigenvalue weighted by Crippen LogP contribution is -2.24. The third-order valence-electron chi connectivity index (χ3n) is 4.23. The van der Waals surface area contributed by atoms with E-state index in [1.807, 2.05) is 26.0 Å². The van der Waals surface area contributed by atoms with Gasteiger partial charge in [0.1, 0.15) is 5.76 Å². The zero-order chi connectivity index (χ0) is 19.9. The van der Waals surface area contributed by atoms with E-state index in [-0.39, 0.29) is 18.4 Å². The van der Waals surface area contributed by atoms with Crippen molar-refractivity contribution in [2.24, 2.45) is 0 Å². The predicted octanol–water partition coefficient (Wildman–Crippen LogP) is 3.88. The highest BCUT2D eigenvalue weighted by atomic mass is 16.3. The molecule has 2 aromatic carbocycles. The molecule has 0 spiro atoms. The molecule has 2 amide bonds. The topological polar surface area (TPSA) is 83.4 Å². The molecule has 3 aromatic rings. The number of hydrogen-bond donors (Lipinski definition) is 3. The van der Waals surface area contributed by atoms with Gasteiger partial charge in [0.15, 0.2) is 0 Å². The van der Waals surface area contributed by atoms with Crippen molar-refractivity contribution in [3.63, 3.8) is 0 Å². The van der Waals surface area contributed by atoms with Gasteiger partial charge in [-0.2, -0.15) is 0 Å². The van der Waals surface area contributed by atoms with Gasteiger partial charge in [-0.15, -0.1) is 0 Å². The van der Waals surface area contributed by atoms with Crippen LogP contribution in [-0.4, -0.2) is 18.4 Å². The van der Waals surface area contributed by atoms with E-state index in [2.05, 4.69) is 22.0 Å². The fourth-order valence-corrected chi connectivity index (χ4v) is 2.81. The second kappa shape index (κ2) is 8.90. The molecule has 0 atom stereocenters. The highest BCUT2D eigenvalue weighted by molar-refractivity contribution is 5.98. The van der Waals surface area contributed by atoms with Crippen LogP contribution >= 0.6 is 0 Å². The van der Waals surface area contributed by atoms with Gasteiger partial charge in [-0.25, -0.2) is 0 Å². The molecule has 6 nitrogen and oxygen atoms in total. The maximum absolute atomic E-state index is 12.3. The van der Waals surface area contributed by atoms with Crippen LogP contribution in [0.5, 0.6) is 0 Å². The van der Waals surface area contributed by atoms with Crippen LogP contribution in [0.2, 0.25) is 0 Å². The molecule has 0 aliphatic carbocycles. The first-order valence-electron chi connectivity index (χ1n) is 9.03. The van der Waals surface area contributed by atoms with Crippen LogP contribution in [0.1, 0.15) is 27.2 Å². The molecular formula is C22H23N3O3. The normalized spacial score (nSPS) is 10.4. The van der Waals surface area contributed by atoms with Gasteiger partial charge in [0.2, 0.25) is 5.91 Å². The van der Waals surface area contributed by atoms with Crippen LogP contribution in [0.4, 0.5) is 11.4 Å². The third-order valence-corrected chi connectivity index (χ3v) is 4.23. The Labute approximate surface area is 164 Å². The lowest BCUT2D eigenvalue weighted by Gasteiger charge is -2.11. The molecule has 0 saturated heterocycles. The summed E-state index contributed by atoms with van der Waals surface area (Å²) in [4.78, 5) is 24.5. The summed E-state index contributed by atoms with van der Waals surface area (Å²) in [6.45, 7) is 4.47. The molecule has 1 aromatic heterocycles. The molecule has 0 unspecified atom stereocenters. The molecule has 6 heteroatoms. The minimum absolute atomic E-state index is 0.138. The molecule has 0 bridgehead atoms. The Hall–Kier alpha value is -3.54. The summed E-state index contributed by atoms with van der Waals surface area (Å²) in [6.07, 6.45) is 1.56. The summed E-state index contributed by atoms with van der Waals surface area (Å²) in [5.74, 6) is 0.254. The summed E-state index contributed by atoms with van der Waals surface area (Å²) < 4.78 is 5.20. The molecule has 0 radical (unpaired) electrons. The summed E-state index contributed by atoms with van der Waals surface area (Å²) in [6, 6.07) is 16.4. The average molecular weight is 377 g/mol. The largest absolute Gasteiger partial charge is 0.467 e. The van der Waals surface area contributed by atoms with E-state index in [1.165, 1.54) is 5.56 Å². The number of furan rings is 1. The molecule has 0 fully saturated rings. The standard InChI is InChI=1S/C22H23N3O3/c1-15-8-9-20(16(2)11-15)23-14-21(26)25-18-6-3-5-17(12-18)22(27)24-13-19-7-4-10-28-19/h3-12,23H,13-14H2,1-2H3,(H,24,27)(H,25,26). The zero-order valence-corrected chi connectivity index (χ0v) is 15.9. The van der Waals surface area contributed by atoms with Crippen molar-refractivity contribution in [2.75, 3.05) is 17.2 Å². The first kappa shape index (κ1) is 19.2. The van der Waals surface area contributed by atoms with Gasteiger partial charge in [0.05, 0.1) is 19.4 Å². The zero-order valence-electron chi connectivity index (χ0n) is 15.9. The average Bonchev–Trinajstić information content (AvgIpc) is 3.19. The third kappa shape index (κ3) is 5.23. The van der Waals surface area contributed by atoms with Crippen molar-refractivity contribution in [1.82, 2.24) is 5.32 Å². The Kier molecular flexibility index (Phi) is 6.11. The Bertz CT molecular complexity index is 965. The van der Waals surface area contributed by atoms with Crippen LogP contribution in [0, 0.1) is 13.8 Å². The number of benzene rings is 2.